The van der Waals surface area contributed by atoms with Gasteiger partial charge in [-0.1, -0.05) is 13.3 Å². The molecule has 6 heteroatoms. The molecule has 2 unspecified atom stereocenters. The van der Waals surface area contributed by atoms with Crippen LogP contribution in [0.25, 0.3) is 0 Å². The first-order valence-corrected chi connectivity index (χ1v) is 9.46. The number of fused-ring (bicyclic) bond motifs is 3. The average Bonchev–Trinajstić information content (AvgIpc) is 3.13. The van der Waals surface area contributed by atoms with Crippen LogP contribution in [0.15, 0.2) is 0 Å². The van der Waals surface area contributed by atoms with Crippen LogP contribution < -0.4 is 10.6 Å². The first-order chi connectivity index (χ1) is 11.5. The molecule has 4 amide bonds. The fraction of sp³-hybridized carbons (Fsp3) is 0.833. The van der Waals surface area contributed by atoms with Crippen molar-refractivity contribution < 1.29 is 14.4 Å². The van der Waals surface area contributed by atoms with Crippen molar-refractivity contribution in [1.29, 1.82) is 0 Å². The summed E-state index contributed by atoms with van der Waals surface area (Å²) in [5.74, 6) is 0.960. The van der Waals surface area contributed by atoms with Crippen LogP contribution in [0.4, 0.5) is 4.79 Å². The van der Waals surface area contributed by atoms with Crippen LogP contribution in [0, 0.1) is 23.7 Å². The van der Waals surface area contributed by atoms with E-state index in [2.05, 4.69) is 17.6 Å². The highest BCUT2D eigenvalue weighted by Gasteiger charge is 2.64. The van der Waals surface area contributed by atoms with Gasteiger partial charge in [-0.25, -0.2) is 4.79 Å². The Morgan fingerprint density at radius 2 is 2.08 bits per heavy atom. The van der Waals surface area contributed by atoms with Gasteiger partial charge in [0.2, 0.25) is 5.91 Å². The number of hydrogen-bond donors (Lipinski definition) is 2. The Bertz CT molecular complexity index is 578. The number of carbonyl (C=O) groups is 3. The van der Waals surface area contributed by atoms with E-state index >= 15 is 0 Å². The highest BCUT2D eigenvalue weighted by atomic mass is 16.2. The second kappa shape index (κ2) is 5.74. The summed E-state index contributed by atoms with van der Waals surface area (Å²) >= 11 is 0. The quantitative estimate of drug-likeness (QED) is 0.754. The maximum absolute atomic E-state index is 13.1. The van der Waals surface area contributed by atoms with Crippen molar-refractivity contribution in [2.24, 2.45) is 23.7 Å². The van der Waals surface area contributed by atoms with Gasteiger partial charge >= 0.3 is 6.03 Å². The molecule has 2 aliphatic carbocycles. The van der Waals surface area contributed by atoms with Crippen molar-refractivity contribution in [3.05, 3.63) is 0 Å². The molecule has 1 spiro atoms. The number of likely N-dealkylation sites (tertiary alicyclic amines) is 1. The topological polar surface area (TPSA) is 78.5 Å². The molecule has 6 nitrogen and oxygen atoms in total. The first-order valence-electron chi connectivity index (χ1n) is 9.46. The monoisotopic (exact) mass is 333 g/mol. The molecule has 132 valence electrons. The summed E-state index contributed by atoms with van der Waals surface area (Å²) in [6.07, 6.45) is 7.01. The van der Waals surface area contributed by atoms with Crippen molar-refractivity contribution in [3.8, 4) is 0 Å². The number of nitrogens with zero attached hydrogens (tertiary/aromatic N) is 1. The Kier molecular flexibility index (Phi) is 3.81. The molecule has 0 aromatic rings. The number of carbonyl (C=O) groups excluding carboxylic acids is 3. The van der Waals surface area contributed by atoms with E-state index in [1.54, 1.807) is 0 Å². The fourth-order valence-electron chi connectivity index (χ4n) is 5.67. The predicted molar refractivity (Wildman–Crippen MR) is 87.9 cm³/mol. The molecule has 2 saturated heterocycles. The molecular weight excluding hydrogens is 306 g/mol. The summed E-state index contributed by atoms with van der Waals surface area (Å²) in [5.41, 5.74) is -0.821. The molecule has 4 fully saturated rings. The van der Waals surface area contributed by atoms with Crippen LogP contribution in [0.3, 0.4) is 0 Å². The number of urea groups is 1. The zero-order chi connectivity index (χ0) is 16.9. The maximum atomic E-state index is 13.1. The highest BCUT2D eigenvalue weighted by Crippen LogP contribution is 2.55. The van der Waals surface area contributed by atoms with E-state index in [9.17, 15) is 14.4 Å². The molecule has 0 aromatic carbocycles. The van der Waals surface area contributed by atoms with Crippen LogP contribution in [0.1, 0.15) is 51.9 Å². The molecule has 5 atom stereocenters. The fourth-order valence-corrected chi connectivity index (χ4v) is 5.67. The molecule has 24 heavy (non-hydrogen) atoms. The van der Waals surface area contributed by atoms with Gasteiger partial charge in [-0.2, -0.15) is 0 Å². The molecule has 2 N–H and O–H groups in total. The average molecular weight is 333 g/mol. The van der Waals surface area contributed by atoms with Crippen molar-refractivity contribution in [2.45, 2.75) is 57.4 Å². The molecule has 2 bridgehead atoms. The summed E-state index contributed by atoms with van der Waals surface area (Å²) in [4.78, 5) is 39.2. The zero-order valence-electron chi connectivity index (χ0n) is 14.3. The minimum Gasteiger partial charge on any atom is -0.342 e. The number of amides is 4. The van der Waals surface area contributed by atoms with E-state index in [-0.39, 0.29) is 23.7 Å². The van der Waals surface area contributed by atoms with Crippen molar-refractivity contribution in [3.63, 3.8) is 0 Å². The Morgan fingerprint density at radius 1 is 1.25 bits per heavy atom. The third-order valence-corrected chi connectivity index (χ3v) is 6.93. The maximum Gasteiger partial charge on any atom is 0.322 e. The van der Waals surface area contributed by atoms with Gasteiger partial charge < -0.3 is 10.2 Å². The molecule has 4 rings (SSSR count). The second-order valence-corrected chi connectivity index (χ2v) is 8.16. The third kappa shape index (κ3) is 2.33. The highest BCUT2D eigenvalue weighted by molar-refractivity contribution is 6.08. The smallest absolute Gasteiger partial charge is 0.322 e. The Balaban J connectivity index is 1.50. The first kappa shape index (κ1) is 15.9. The van der Waals surface area contributed by atoms with Crippen LogP contribution in [0.5, 0.6) is 0 Å². The van der Waals surface area contributed by atoms with E-state index in [1.165, 1.54) is 12.8 Å². The van der Waals surface area contributed by atoms with Gasteiger partial charge in [0.05, 0.1) is 0 Å². The molecule has 0 aromatic heterocycles. The van der Waals surface area contributed by atoms with Crippen molar-refractivity contribution in [2.75, 3.05) is 13.1 Å². The van der Waals surface area contributed by atoms with E-state index in [0.717, 1.165) is 44.7 Å². The van der Waals surface area contributed by atoms with Crippen molar-refractivity contribution >= 4 is 17.8 Å². The van der Waals surface area contributed by atoms with E-state index < -0.39 is 11.6 Å². The van der Waals surface area contributed by atoms with Gasteiger partial charge in [-0.3, -0.25) is 14.9 Å². The van der Waals surface area contributed by atoms with Gasteiger partial charge in [0.15, 0.2) is 0 Å². The number of rotatable bonds is 2. The molecule has 2 heterocycles. The SMILES string of the molecule is CCC1CCCN(C(=O)[C@@H]2C[C@H]3C[C@H]2C2(C3)NC(=O)NC2=O)CC1. The van der Waals surface area contributed by atoms with E-state index in [4.69, 9.17) is 0 Å². The minimum absolute atomic E-state index is 0.0355. The number of hydrogen-bond acceptors (Lipinski definition) is 3. The molecule has 0 radical (unpaired) electrons. The Morgan fingerprint density at radius 3 is 2.75 bits per heavy atom. The van der Waals surface area contributed by atoms with Crippen LogP contribution in [-0.2, 0) is 9.59 Å². The Labute approximate surface area is 142 Å². The van der Waals surface area contributed by atoms with E-state index in [0.29, 0.717) is 12.3 Å². The largest absolute Gasteiger partial charge is 0.342 e. The second-order valence-electron chi connectivity index (χ2n) is 8.16. The van der Waals surface area contributed by atoms with Gasteiger partial charge in [-0.05, 0) is 50.4 Å². The normalized spacial score (nSPS) is 41.5. The Hall–Kier alpha value is -1.59. The summed E-state index contributed by atoms with van der Waals surface area (Å²) in [5, 5.41) is 5.24. The van der Waals surface area contributed by atoms with Crippen LogP contribution in [-0.4, -0.2) is 41.4 Å². The third-order valence-electron chi connectivity index (χ3n) is 6.93. The number of nitrogens with one attached hydrogen (secondary N) is 2. The van der Waals surface area contributed by atoms with E-state index in [1.807, 2.05) is 4.90 Å². The van der Waals surface area contributed by atoms with Gasteiger partial charge in [0, 0.05) is 24.9 Å². The van der Waals surface area contributed by atoms with Gasteiger partial charge in [-0.15, -0.1) is 0 Å². The summed E-state index contributed by atoms with van der Waals surface area (Å²) in [7, 11) is 0. The minimum atomic E-state index is -0.821. The van der Waals surface area contributed by atoms with Crippen molar-refractivity contribution in [1.82, 2.24) is 15.5 Å². The lowest BCUT2D eigenvalue weighted by Crippen LogP contribution is -2.56. The van der Waals surface area contributed by atoms with Crippen LogP contribution >= 0.6 is 0 Å². The lowest BCUT2D eigenvalue weighted by atomic mass is 9.74. The summed E-state index contributed by atoms with van der Waals surface area (Å²) in [6.45, 7) is 3.91. The zero-order valence-corrected chi connectivity index (χ0v) is 14.3. The lowest BCUT2D eigenvalue weighted by molar-refractivity contribution is -0.139. The molecule has 4 aliphatic rings. The lowest BCUT2D eigenvalue weighted by Gasteiger charge is -2.37. The number of imide groups is 1. The standard InChI is InChI=1S/C18H27N3O3/c1-2-11-4-3-6-21(7-5-11)15(22)13-8-12-9-14(13)18(10-12)16(23)19-17(24)20-18/h11-14H,2-10H2,1H3,(H2,19,20,23,24)/t11?,12-,13+,14+,18?/m0/s1. The van der Waals surface area contributed by atoms with Gasteiger partial charge in [0.1, 0.15) is 5.54 Å². The molecular formula is C18H27N3O3. The molecule has 2 saturated carbocycles. The summed E-state index contributed by atoms with van der Waals surface area (Å²) < 4.78 is 0. The summed E-state index contributed by atoms with van der Waals surface area (Å²) in [6, 6.07) is -0.403. The predicted octanol–water partition coefficient (Wildman–Crippen LogP) is 1.65. The molecule has 2 aliphatic heterocycles. The van der Waals surface area contributed by atoms with Crippen LogP contribution in [0.2, 0.25) is 0 Å². The van der Waals surface area contributed by atoms with Gasteiger partial charge in [0.25, 0.3) is 5.91 Å².